The number of hydrogen-bond acceptors (Lipinski definition) is 4. The molecule has 0 saturated carbocycles. The zero-order valence-electron chi connectivity index (χ0n) is 8.66. The number of anilines is 1. The molecule has 1 N–H and O–H groups in total. The Bertz CT molecular complexity index is 423. The first-order chi connectivity index (χ1) is 7.54. The summed E-state index contributed by atoms with van der Waals surface area (Å²) < 4.78 is 33.8. The summed E-state index contributed by atoms with van der Waals surface area (Å²) in [4.78, 5) is 11.3. The zero-order valence-corrected chi connectivity index (χ0v) is 9.47. The van der Waals surface area contributed by atoms with Crippen molar-refractivity contribution in [1.82, 2.24) is 0 Å². The third-order valence-electron chi connectivity index (χ3n) is 1.99. The lowest BCUT2D eigenvalue weighted by Crippen LogP contribution is -2.09. The molecule has 0 aliphatic carbocycles. The average Bonchev–Trinajstić information content (AvgIpc) is 2.26. The Morgan fingerprint density at radius 1 is 1.56 bits per heavy atom. The maximum absolute atomic E-state index is 13.2. The van der Waals surface area contributed by atoms with Crippen LogP contribution in [0.1, 0.15) is 23.7 Å². The first-order valence-electron chi connectivity index (χ1n) is 4.67. The SMILES string of the molecule is CCC(=O)c1ccc(F)c(NCS(=O)[O-])c1. The molecule has 16 heavy (non-hydrogen) atoms. The molecule has 0 aliphatic rings. The van der Waals surface area contributed by atoms with E-state index < -0.39 is 16.9 Å². The summed E-state index contributed by atoms with van der Waals surface area (Å²) in [5.41, 5.74) is 0.381. The van der Waals surface area contributed by atoms with E-state index in [1.807, 2.05) is 0 Å². The minimum atomic E-state index is -2.31. The molecule has 1 aromatic rings. The number of carbonyl (C=O) groups is 1. The van der Waals surface area contributed by atoms with E-state index in [4.69, 9.17) is 0 Å². The zero-order chi connectivity index (χ0) is 12.1. The van der Waals surface area contributed by atoms with Crippen LogP contribution in [0.15, 0.2) is 18.2 Å². The molecule has 1 aromatic carbocycles. The second kappa shape index (κ2) is 5.72. The lowest BCUT2D eigenvalue weighted by Gasteiger charge is -2.10. The Kier molecular flexibility index (Phi) is 4.57. The van der Waals surface area contributed by atoms with Gasteiger partial charge in [0.25, 0.3) is 0 Å². The van der Waals surface area contributed by atoms with Crippen LogP contribution in [0.4, 0.5) is 10.1 Å². The number of halogens is 1. The second-order valence-electron chi connectivity index (χ2n) is 3.10. The highest BCUT2D eigenvalue weighted by Gasteiger charge is 2.07. The normalized spacial score (nSPS) is 12.2. The van der Waals surface area contributed by atoms with Crippen LogP contribution >= 0.6 is 0 Å². The van der Waals surface area contributed by atoms with Crippen molar-refractivity contribution in [2.45, 2.75) is 13.3 Å². The molecular formula is C10H11FNO3S-. The lowest BCUT2D eigenvalue weighted by atomic mass is 10.1. The Balaban J connectivity index is 2.90. The van der Waals surface area contributed by atoms with E-state index >= 15 is 0 Å². The lowest BCUT2D eigenvalue weighted by molar-refractivity contribution is 0.0988. The van der Waals surface area contributed by atoms with Crippen molar-refractivity contribution in [1.29, 1.82) is 0 Å². The third kappa shape index (κ3) is 3.39. The molecular weight excluding hydrogens is 233 g/mol. The molecule has 0 saturated heterocycles. The predicted molar refractivity (Wildman–Crippen MR) is 58.4 cm³/mol. The number of carbonyl (C=O) groups excluding carboxylic acids is 1. The summed E-state index contributed by atoms with van der Waals surface area (Å²) in [6.45, 7) is 1.70. The standard InChI is InChI=1S/C10H12FNO3S/c1-2-10(13)7-3-4-8(11)9(5-7)12-6-16(14)15/h3-5,12H,2,6H2,1H3,(H,14,15)/p-1. The molecule has 0 fully saturated rings. The number of benzene rings is 1. The molecule has 0 aliphatic heterocycles. The number of hydrogen-bond donors (Lipinski definition) is 1. The molecule has 0 amide bonds. The van der Waals surface area contributed by atoms with Crippen LogP contribution in [0.5, 0.6) is 0 Å². The molecule has 88 valence electrons. The van der Waals surface area contributed by atoms with Gasteiger partial charge in [0.05, 0.1) is 11.6 Å². The summed E-state index contributed by atoms with van der Waals surface area (Å²) in [5, 5.41) is 2.39. The van der Waals surface area contributed by atoms with Gasteiger partial charge in [-0.1, -0.05) is 6.92 Å². The van der Waals surface area contributed by atoms with Crippen LogP contribution in [0.2, 0.25) is 0 Å². The largest absolute Gasteiger partial charge is 0.771 e. The molecule has 4 nitrogen and oxygen atoms in total. The number of ketones is 1. The third-order valence-corrected chi connectivity index (χ3v) is 2.37. The second-order valence-corrected chi connectivity index (χ2v) is 3.99. The van der Waals surface area contributed by atoms with Crippen molar-refractivity contribution in [3.8, 4) is 0 Å². The fourth-order valence-corrected chi connectivity index (χ4v) is 1.45. The fourth-order valence-electron chi connectivity index (χ4n) is 1.17. The molecule has 0 bridgehead atoms. The predicted octanol–water partition coefficient (Wildman–Crippen LogP) is 1.67. The minimum absolute atomic E-state index is 0.0171. The highest BCUT2D eigenvalue weighted by atomic mass is 32.2. The van der Waals surface area contributed by atoms with E-state index in [2.05, 4.69) is 5.32 Å². The van der Waals surface area contributed by atoms with Crippen LogP contribution in [0.25, 0.3) is 0 Å². The molecule has 0 spiro atoms. The van der Waals surface area contributed by atoms with Gasteiger partial charge in [0.15, 0.2) is 5.78 Å². The van der Waals surface area contributed by atoms with Crippen molar-refractivity contribution >= 4 is 22.6 Å². The number of rotatable bonds is 5. The van der Waals surface area contributed by atoms with E-state index in [0.29, 0.717) is 12.0 Å². The Hall–Kier alpha value is -1.27. The highest BCUT2D eigenvalue weighted by Crippen LogP contribution is 2.17. The highest BCUT2D eigenvalue weighted by molar-refractivity contribution is 7.79. The smallest absolute Gasteiger partial charge is 0.162 e. The fraction of sp³-hybridized carbons (Fsp3) is 0.300. The van der Waals surface area contributed by atoms with Crippen LogP contribution < -0.4 is 5.32 Å². The Labute approximate surface area is 95.1 Å². The molecule has 0 aromatic heterocycles. The molecule has 0 heterocycles. The van der Waals surface area contributed by atoms with Crippen LogP contribution in [-0.4, -0.2) is 20.4 Å². The van der Waals surface area contributed by atoms with Gasteiger partial charge < -0.3 is 9.87 Å². The van der Waals surface area contributed by atoms with E-state index in [0.717, 1.165) is 6.07 Å². The maximum atomic E-state index is 13.2. The minimum Gasteiger partial charge on any atom is -0.771 e. The first kappa shape index (κ1) is 12.8. The van der Waals surface area contributed by atoms with Gasteiger partial charge in [0.1, 0.15) is 5.82 Å². The van der Waals surface area contributed by atoms with Gasteiger partial charge in [-0.3, -0.25) is 9.00 Å². The van der Waals surface area contributed by atoms with Gasteiger partial charge in [-0.2, -0.15) is 0 Å². The van der Waals surface area contributed by atoms with E-state index in [1.165, 1.54) is 12.1 Å². The van der Waals surface area contributed by atoms with Gasteiger partial charge in [0.2, 0.25) is 0 Å². The number of nitrogens with one attached hydrogen (secondary N) is 1. The summed E-state index contributed by atoms with van der Waals surface area (Å²) in [7, 11) is 0. The number of Topliss-reactive ketones (excluding diaryl/α,β-unsaturated/α-hetero) is 1. The maximum Gasteiger partial charge on any atom is 0.162 e. The quantitative estimate of drug-likeness (QED) is 0.631. The van der Waals surface area contributed by atoms with Gasteiger partial charge in [-0.15, -0.1) is 0 Å². The monoisotopic (exact) mass is 244 g/mol. The van der Waals surface area contributed by atoms with Gasteiger partial charge >= 0.3 is 0 Å². The first-order valence-corrected chi connectivity index (χ1v) is 5.91. The van der Waals surface area contributed by atoms with Crippen molar-refractivity contribution in [2.24, 2.45) is 0 Å². The molecule has 1 rings (SSSR count). The molecule has 6 heteroatoms. The Morgan fingerprint density at radius 2 is 2.25 bits per heavy atom. The summed E-state index contributed by atoms with van der Waals surface area (Å²) in [6, 6.07) is 3.83. The topological polar surface area (TPSA) is 69.2 Å². The molecule has 1 unspecified atom stereocenters. The molecule has 1 atom stereocenters. The summed E-state index contributed by atoms with van der Waals surface area (Å²) >= 11 is -2.31. The van der Waals surface area contributed by atoms with E-state index in [-0.39, 0.29) is 17.3 Å². The van der Waals surface area contributed by atoms with Gasteiger partial charge in [-0.05, 0) is 29.3 Å². The summed E-state index contributed by atoms with van der Waals surface area (Å²) in [6.07, 6.45) is 0.318. The van der Waals surface area contributed by atoms with Crippen LogP contribution in [0.3, 0.4) is 0 Å². The van der Waals surface area contributed by atoms with Gasteiger partial charge in [0, 0.05) is 12.0 Å². The van der Waals surface area contributed by atoms with Crippen molar-refractivity contribution < 1.29 is 17.9 Å². The average molecular weight is 244 g/mol. The Morgan fingerprint density at radius 3 is 2.81 bits per heavy atom. The van der Waals surface area contributed by atoms with Crippen molar-refractivity contribution in [3.63, 3.8) is 0 Å². The van der Waals surface area contributed by atoms with Gasteiger partial charge in [-0.25, -0.2) is 4.39 Å². The van der Waals surface area contributed by atoms with E-state index in [9.17, 15) is 17.9 Å². The van der Waals surface area contributed by atoms with E-state index in [1.54, 1.807) is 6.92 Å². The van der Waals surface area contributed by atoms with Crippen LogP contribution in [0, 0.1) is 5.82 Å². The molecule has 0 radical (unpaired) electrons. The van der Waals surface area contributed by atoms with Crippen LogP contribution in [-0.2, 0) is 11.1 Å². The van der Waals surface area contributed by atoms with Crippen molar-refractivity contribution in [2.75, 3.05) is 11.2 Å². The summed E-state index contributed by atoms with van der Waals surface area (Å²) in [5.74, 6) is -1.09. The van der Waals surface area contributed by atoms with Crippen molar-refractivity contribution in [3.05, 3.63) is 29.6 Å².